The van der Waals surface area contributed by atoms with E-state index in [2.05, 4.69) is 9.34 Å². The van der Waals surface area contributed by atoms with Gasteiger partial charge in [0.05, 0.1) is 24.0 Å². The number of nitrogens with zero attached hydrogens (tertiary/aromatic N) is 2. The SMILES string of the molecule is Oc1ccccc1C=[N+]=CCCC=[N+]=Cc1ccccc1O. The van der Waals surface area contributed by atoms with Crippen LogP contribution in [0.1, 0.15) is 24.0 Å². The molecule has 0 aliphatic heterocycles. The quantitative estimate of drug-likeness (QED) is 0.500. The summed E-state index contributed by atoms with van der Waals surface area (Å²) in [6, 6.07) is 14.1. The Morgan fingerprint density at radius 2 is 1.09 bits per heavy atom. The van der Waals surface area contributed by atoms with Crippen LogP contribution in [-0.4, -0.2) is 35.1 Å². The number of hydrogen-bond acceptors (Lipinski definition) is 2. The first-order valence-corrected chi connectivity index (χ1v) is 7.03. The molecule has 22 heavy (non-hydrogen) atoms. The minimum Gasteiger partial charge on any atom is -0.507 e. The van der Waals surface area contributed by atoms with Gasteiger partial charge < -0.3 is 10.2 Å². The van der Waals surface area contributed by atoms with Gasteiger partial charge >= 0.3 is 12.4 Å². The van der Waals surface area contributed by atoms with Crippen LogP contribution in [0.5, 0.6) is 11.5 Å². The average molecular weight is 294 g/mol. The predicted molar refractivity (Wildman–Crippen MR) is 92.2 cm³/mol. The second-order valence-electron chi connectivity index (χ2n) is 4.62. The van der Waals surface area contributed by atoms with Gasteiger partial charge in [-0.05, 0) is 24.3 Å². The Kier molecular flexibility index (Phi) is 5.77. The molecule has 2 aromatic rings. The third kappa shape index (κ3) is 4.80. The highest BCUT2D eigenvalue weighted by Gasteiger charge is 2.00. The first-order valence-electron chi connectivity index (χ1n) is 7.03. The van der Waals surface area contributed by atoms with E-state index in [1.807, 2.05) is 12.1 Å². The number of para-hydroxylation sites is 2. The summed E-state index contributed by atoms with van der Waals surface area (Å²) in [6.45, 7) is 0. The number of phenols is 2. The van der Waals surface area contributed by atoms with Crippen LogP contribution in [-0.2, 0) is 0 Å². The van der Waals surface area contributed by atoms with E-state index in [0.717, 1.165) is 12.8 Å². The molecule has 0 amide bonds. The summed E-state index contributed by atoms with van der Waals surface area (Å²) in [5.41, 5.74) is 1.39. The fraction of sp³-hybridized carbons (Fsp3) is 0.111. The topological polar surface area (TPSA) is 68.7 Å². The van der Waals surface area contributed by atoms with E-state index >= 15 is 0 Å². The summed E-state index contributed by atoms with van der Waals surface area (Å²) in [5.74, 6) is 0.442. The van der Waals surface area contributed by atoms with E-state index in [0.29, 0.717) is 11.1 Å². The molecule has 0 fully saturated rings. The lowest BCUT2D eigenvalue weighted by atomic mass is 10.2. The smallest absolute Gasteiger partial charge is 0.302 e. The van der Waals surface area contributed by atoms with E-state index in [1.165, 1.54) is 0 Å². The summed E-state index contributed by atoms with van der Waals surface area (Å²) in [5, 5.41) is 19.1. The van der Waals surface area contributed by atoms with Crippen LogP contribution in [0.15, 0.2) is 48.5 Å². The Balaban J connectivity index is 1.84. The van der Waals surface area contributed by atoms with Crippen LogP contribution in [0.2, 0.25) is 0 Å². The van der Waals surface area contributed by atoms with Gasteiger partial charge in [-0.3, -0.25) is 0 Å². The van der Waals surface area contributed by atoms with Gasteiger partial charge in [0, 0.05) is 0 Å². The number of aromatic hydroxyl groups is 2. The first-order chi connectivity index (χ1) is 10.8. The molecule has 2 aromatic carbocycles. The van der Waals surface area contributed by atoms with Crippen molar-refractivity contribution in [1.29, 1.82) is 0 Å². The number of benzene rings is 2. The molecule has 0 aromatic heterocycles. The molecule has 0 atom stereocenters. The molecule has 0 saturated carbocycles. The van der Waals surface area contributed by atoms with E-state index in [1.54, 1.807) is 61.3 Å². The third-order valence-corrected chi connectivity index (χ3v) is 2.94. The third-order valence-electron chi connectivity index (χ3n) is 2.94. The molecule has 0 spiro atoms. The van der Waals surface area contributed by atoms with Crippen molar-refractivity contribution in [3.8, 4) is 11.5 Å². The zero-order valence-electron chi connectivity index (χ0n) is 12.1. The number of rotatable bonds is 5. The molecular formula is C18H18N2O2+2. The summed E-state index contributed by atoms with van der Waals surface area (Å²) in [6.07, 6.45) is 8.31. The zero-order valence-corrected chi connectivity index (χ0v) is 12.1. The molecule has 0 bridgehead atoms. The van der Waals surface area contributed by atoms with Crippen molar-refractivity contribution in [2.45, 2.75) is 12.8 Å². The molecule has 0 saturated heterocycles. The molecule has 4 heteroatoms. The van der Waals surface area contributed by atoms with Gasteiger partial charge in [-0.15, -0.1) is 9.34 Å². The molecule has 4 nitrogen and oxygen atoms in total. The van der Waals surface area contributed by atoms with Crippen molar-refractivity contribution in [2.75, 3.05) is 0 Å². The molecule has 2 N–H and O–H groups in total. The summed E-state index contributed by atoms with van der Waals surface area (Å²) >= 11 is 0. The Morgan fingerprint density at radius 1 is 0.682 bits per heavy atom. The summed E-state index contributed by atoms with van der Waals surface area (Å²) < 4.78 is 8.30. The molecule has 110 valence electrons. The molecule has 0 radical (unpaired) electrons. The number of phenolic OH excluding ortho intramolecular Hbond substituents is 2. The Morgan fingerprint density at radius 3 is 1.50 bits per heavy atom. The van der Waals surface area contributed by atoms with Crippen molar-refractivity contribution in [3.63, 3.8) is 0 Å². The monoisotopic (exact) mass is 294 g/mol. The van der Waals surface area contributed by atoms with E-state index in [-0.39, 0.29) is 11.5 Å². The normalized spacial score (nSPS) is 9.27. The van der Waals surface area contributed by atoms with Crippen molar-refractivity contribution in [3.05, 3.63) is 59.7 Å². The maximum Gasteiger partial charge on any atom is 0.302 e. The zero-order chi connectivity index (χ0) is 15.6. The number of hydrogen-bond donors (Lipinski definition) is 2. The van der Waals surface area contributed by atoms with Gasteiger partial charge in [-0.2, -0.15) is 0 Å². The van der Waals surface area contributed by atoms with Gasteiger partial charge in [0.2, 0.25) is 0 Å². The Bertz CT molecular complexity index is 688. The van der Waals surface area contributed by atoms with Crippen molar-refractivity contribution >= 4 is 24.9 Å². The van der Waals surface area contributed by atoms with Crippen LogP contribution in [0.3, 0.4) is 0 Å². The van der Waals surface area contributed by atoms with Crippen molar-refractivity contribution in [2.24, 2.45) is 0 Å². The molecule has 0 aliphatic carbocycles. The fourth-order valence-electron chi connectivity index (χ4n) is 1.76. The molecule has 2 rings (SSSR count). The van der Waals surface area contributed by atoms with Gasteiger partial charge in [0.1, 0.15) is 11.5 Å². The summed E-state index contributed by atoms with van der Waals surface area (Å²) in [7, 11) is 0. The predicted octanol–water partition coefficient (Wildman–Crippen LogP) is 1.69. The largest absolute Gasteiger partial charge is 0.507 e. The van der Waals surface area contributed by atoms with Gasteiger partial charge in [0.15, 0.2) is 0 Å². The van der Waals surface area contributed by atoms with Crippen molar-refractivity contribution in [1.82, 2.24) is 9.34 Å². The van der Waals surface area contributed by atoms with Crippen molar-refractivity contribution < 1.29 is 10.2 Å². The van der Waals surface area contributed by atoms with Crippen LogP contribution in [0, 0.1) is 0 Å². The number of unbranched alkanes of at least 4 members (excludes halogenated alkanes) is 1. The maximum absolute atomic E-state index is 9.56. The Labute approximate surface area is 129 Å². The average Bonchev–Trinajstić information content (AvgIpc) is 2.53. The molecule has 0 unspecified atom stereocenters. The molecule has 0 heterocycles. The lowest BCUT2D eigenvalue weighted by Crippen LogP contribution is -1.90. The summed E-state index contributed by atoms with van der Waals surface area (Å²) in [4.78, 5) is 0. The second kappa shape index (κ2) is 8.28. The Hall–Kier alpha value is -3.06. The molecule has 0 aliphatic rings. The fourth-order valence-corrected chi connectivity index (χ4v) is 1.76. The standard InChI is InChI=1S/C18H16N2O2/c21-17-9-3-1-7-15(17)13-19-11-5-6-12-20-14-16-8-2-4-10-18(16)22/h1-4,7-14H,5-6H2/p+2. The van der Waals surface area contributed by atoms with E-state index < -0.39 is 0 Å². The highest BCUT2D eigenvalue weighted by Crippen LogP contribution is 2.12. The highest BCUT2D eigenvalue weighted by atomic mass is 16.3. The van der Waals surface area contributed by atoms with Gasteiger partial charge in [-0.25, -0.2) is 0 Å². The van der Waals surface area contributed by atoms with E-state index in [4.69, 9.17) is 0 Å². The maximum atomic E-state index is 9.56. The lowest BCUT2D eigenvalue weighted by Gasteiger charge is -1.89. The highest BCUT2D eigenvalue weighted by molar-refractivity contribution is 5.86. The first kappa shape index (κ1) is 15.3. The van der Waals surface area contributed by atoms with Crippen LogP contribution in [0.4, 0.5) is 0 Å². The van der Waals surface area contributed by atoms with Gasteiger partial charge in [-0.1, -0.05) is 24.3 Å². The van der Waals surface area contributed by atoms with Crippen LogP contribution in [0.25, 0.3) is 0 Å². The minimum atomic E-state index is 0.221. The second-order valence-corrected chi connectivity index (χ2v) is 4.62. The lowest BCUT2D eigenvalue weighted by molar-refractivity contribution is 0.474. The minimum absolute atomic E-state index is 0.221. The van der Waals surface area contributed by atoms with Crippen LogP contribution < -0.4 is 9.34 Å². The van der Waals surface area contributed by atoms with Gasteiger partial charge in [0.25, 0.3) is 12.4 Å². The molecular weight excluding hydrogens is 276 g/mol. The van der Waals surface area contributed by atoms with E-state index in [9.17, 15) is 10.2 Å². The van der Waals surface area contributed by atoms with Crippen LogP contribution >= 0.6 is 0 Å².